The number of hydrogen-bond donors (Lipinski definition) is 1. The van der Waals surface area contributed by atoms with E-state index in [-0.39, 0.29) is 5.41 Å². The highest BCUT2D eigenvalue weighted by molar-refractivity contribution is 6.48. The normalized spacial score (nSPS) is 13.3. The maximum absolute atomic E-state index is 8.76. The quantitative estimate of drug-likeness (QED) is 0.123. The Morgan fingerprint density at radius 1 is 0.548 bits per heavy atom. The summed E-state index contributed by atoms with van der Waals surface area (Å²) in [7, 11) is -0.936. The van der Waals surface area contributed by atoms with E-state index in [9.17, 15) is 0 Å². The predicted molar refractivity (Wildman–Crippen MR) is 143 cm³/mol. The van der Waals surface area contributed by atoms with Crippen LogP contribution >= 0.6 is 0 Å². The van der Waals surface area contributed by atoms with Gasteiger partial charge < -0.3 is 9.53 Å². The average Bonchev–Trinajstić information content (AvgIpc) is 2.70. The van der Waals surface area contributed by atoms with Crippen LogP contribution in [-0.2, 0) is 4.43 Å². The van der Waals surface area contributed by atoms with E-state index < -0.39 is 9.04 Å². The van der Waals surface area contributed by atoms with Gasteiger partial charge in [-0.2, -0.15) is 0 Å². The van der Waals surface area contributed by atoms with Crippen molar-refractivity contribution in [2.75, 3.05) is 6.61 Å². The van der Waals surface area contributed by atoms with Crippen LogP contribution in [0.1, 0.15) is 149 Å². The smallest absolute Gasteiger partial charge is 0.171 e. The van der Waals surface area contributed by atoms with Crippen LogP contribution in [0.3, 0.4) is 0 Å². The maximum Gasteiger partial charge on any atom is 0.171 e. The van der Waals surface area contributed by atoms with Crippen LogP contribution in [0.2, 0.25) is 13.1 Å². The highest BCUT2D eigenvalue weighted by Gasteiger charge is 2.25. The van der Waals surface area contributed by atoms with Crippen molar-refractivity contribution in [3.63, 3.8) is 0 Å². The minimum atomic E-state index is -0.936. The molecule has 0 saturated heterocycles. The minimum absolute atomic E-state index is 0.290. The number of aliphatic hydroxyl groups excluding tert-OH is 1. The molecular weight excluding hydrogens is 396 g/mol. The third kappa shape index (κ3) is 23.1. The van der Waals surface area contributed by atoms with E-state index in [1.54, 1.807) is 0 Å². The molecule has 0 aliphatic carbocycles. The molecule has 0 aliphatic heterocycles. The Bertz CT molecular complexity index is 351. The first-order chi connectivity index (χ1) is 14.9. The molecule has 31 heavy (non-hydrogen) atoms. The summed E-state index contributed by atoms with van der Waals surface area (Å²) < 4.78 is 6.29. The van der Waals surface area contributed by atoms with Crippen molar-refractivity contribution in [2.45, 2.75) is 168 Å². The van der Waals surface area contributed by atoms with Crippen LogP contribution < -0.4 is 0 Å². The minimum Gasteiger partial charge on any atom is -0.417 e. The lowest BCUT2D eigenvalue weighted by molar-refractivity contribution is 0.0759. The van der Waals surface area contributed by atoms with E-state index in [0.717, 1.165) is 6.42 Å². The molecule has 0 rings (SSSR count). The van der Waals surface area contributed by atoms with Gasteiger partial charge in [0.05, 0.1) is 0 Å². The molecule has 2 nitrogen and oxygen atoms in total. The molecule has 0 aromatic heterocycles. The van der Waals surface area contributed by atoms with E-state index in [0.29, 0.717) is 12.7 Å². The standard InChI is InChI=1S/C28H60O2Si/c1-28(2,3)27(30-31(4)5)25-23-21-19-17-15-13-11-9-7-6-8-10-12-14-16-18-20-22-24-26-29/h27,29,31H,6-26H2,1-5H3. The number of hydrogen-bond acceptors (Lipinski definition) is 2. The zero-order chi connectivity index (χ0) is 23.2. The lowest BCUT2D eigenvalue weighted by atomic mass is 9.86. The van der Waals surface area contributed by atoms with Gasteiger partial charge in [-0.3, -0.25) is 0 Å². The fourth-order valence-corrected chi connectivity index (χ4v) is 5.68. The highest BCUT2D eigenvalue weighted by Crippen LogP contribution is 2.27. The first-order valence-electron chi connectivity index (χ1n) is 14.1. The van der Waals surface area contributed by atoms with Crippen molar-refractivity contribution in [2.24, 2.45) is 5.41 Å². The summed E-state index contributed by atoms with van der Waals surface area (Å²) in [6.07, 6.45) is 28.0. The first kappa shape index (κ1) is 31.1. The second-order valence-corrected chi connectivity index (χ2v) is 13.6. The molecule has 0 heterocycles. The Hall–Kier alpha value is 0.137. The molecule has 0 bridgehead atoms. The average molecular weight is 457 g/mol. The molecule has 0 aromatic carbocycles. The van der Waals surface area contributed by atoms with Crippen molar-refractivity contribution in [1.29, 1.82) is 0 Å². The Morgan fingerprint density at radius 2 is 0.839 bits per heavy atom. The highest BCUT2D eigenvalue weighted by atomic mass is 28.3. The monoisotopic (exact) mass is 456 g/mol. The lowest BCUT2D eigenvalue weighted by Crippen LogP contribution is -2.33. The van der Waals surface area contributed by atoms with Gasteiger partial charge in [0.25, 0.3) is 0 Å². The number of unbranched alkanes of at least 4 members (excludes halogenated alkanes) is 18. The number of rotatable bonds is 23. The van der Waals surface area contributed by atoms with Gasteiger partial charge >= 0.3 is 0 Å². The fourth-order valence-electron chi connectivity index (χ4n) is 4.48. The van der Waals surface area contributed by atoms with E-state index in [2.05, 4.69) is 33.9 Å². The maximum atomic E-state index is 8.76. The van der Waals surface area contributed by atoms with E-state index >= 15 is 0 Å². The SMILES string of the molecule is C[SiH](C)OC(CCCCCCCCCCCCCCCCCCCCCO)C(C)(C)C. The molecule has 0 aliphatic rings. The van der Waals surface area contributed by atoms with Gasteiger partial charge in [0.1, 0.15) is 0 Å². The second kappa shape index (κ2) is 22.0. The third-order valence-electron chi connectivity index (χ3n) is 6.53. The van der Waals surface area contributed by atoms with Crippen molar-refractivity contribution in [3.8, 4) is 0 Å². The summed E-state index contributed by atoms with van der Waals surface area (Å²) in [5, 5.41) is 8.76. The van der Waals surface area contributed by atoms with Gasteiger partial charge in [0.15, 0.2) is 9.04 Å². The molecule has 1 N–H and O–H groups in total. The summed E-state index contributed by atoms with van der Waals surface area (Å²) >= 11 is 0. The van der Waals surface area contributed by atoms with Gasteiger partial charge in [-0.1, -0.05) is 136 Å². The zero-order valence-corrected chi connectivity index (χ0v) is 23.5. The molecule has 0 fully saturated rings. The van der Waals surface area contributed by atoms with Crippen LogP contribution in [0.5, 0.6) is 0 Å². The van der Waals surface area contributed by atoms with E-state index in [4.69, 9.17) is 9.53 Å². The molecule has 0 aromatic rings. The molecule has 0 saturated carbocycles. The van der Waals surface area contributed by atoms with Crippen LogP contribution in [0.15, 0.2) is 0 Å². The van der Waals surface area contributed by atoms with E-state index in [1.807, 2.05) is 0 Å². The van der Waals surface area contributed by atoms with Gasteiger partial charge in [0, 0.05) is 12.7 Å². The van der Waals surface area contributed by atoms with Gasteiger partial charge in [0.2, 0.25) is 0 Å². The first-order valence-corrected chi connectivity index (χ1v) is 16.9. The Labute approximate surface area is 199 Å². The molecular formula is C28H60O2Si. The summed E-state index contributed by atoms with van der Waals surface area (Å²) in [5.74, 6) is 0. The molecule has 0 spiro atoms. The molecule has 1 atom stereocenters. The molecule has 188 valence electrons. The molecule has 3 heteroatoms. The predicted octanol–water partition coefficient (Wildman–Crippen LogP) is 9.20. The Balaban J connectivity index is 3.28. The summed E-state index contributed by atoms with van der Waals surface area (Å²) in [5.41, 5.74) is 0.290. The van der Waals surface area contributed by atoms with Gasteiger partial charge in [-0.15, -0.1) is 0 Å². The van der Waals surface area contributed by atoms with Crippen LogP contribution in [-0.4, -0.2) is 26.9 Å². The largest absolute Gasteiger partial charge is 0.417 e. The van der Waals surface area contributed by atoms with Gasteiger partial charge in [-0.05, 0) is 31.4 Å². The van der Waals surface area contributed by atoms with Crippen molar-refractivity contribution < 1.29 is 9.53 Å². The Morgan fingerprint density at radius 3 is 1.10 bits per heavy atom. The Kier molecular flexibility index (Phi) is 22.1. The molecule has 0 amide bonds. The topological polar surface area (TPSA) is 29.5 Å². The molecule has 0 radical (unpaired) electrons. The van der Waals surface area contributed by atoms with Crippen molar-refractivity contribution in [1.82, 2.24) is 0 Å². The summed E-state index contributed by atoms with van der Waals surface area (Å²) in [4.78, 5) is 0. The fraction of sp³-hybridized carbons (Fsp3) is 1.00. The second-order valence-electron chi connectivity index (χ2n) is 11.3. The van der Waals surface area contributed by atoms with E-state index in [1.165, 1.54) is 122 Å². The zero-order valence-electron chi connectivity index (χ0n) is 22.4. The van der Waals surface area contributed by atoms with Crippen LogP contribution in [0.25, 0.3) is 0 Å². The lowest BCUT2D eigenvalue weighted by Gasteiger charge is -2.32. The number of aliphatic hydroxyl groups is 1. The third-order valence-corrected chi connectivity index (χ3v) is 7.40. The van der Waals surface area contributed by atoms with Crippen molar-refractivity contribution in [3.05, 3.63) is 0 Å². The van der Waals surface area contributed by atoms with Crippen LogP contribution in [0.4, 0.5) is 0 Å². The summed E-state index contributed by atoms with van der Waals surface area (Å²) in [6.45, 7) is 12.0. The van der Waals surface area contributed by atoms with Crippen molar-refractivity contribution >= 4 is 9.04 Å². The van der Waals surface area contributed by atoms with Gasteiger partial charge in [-0.25, -0.2) is 0 Å². The van der Waals surface area contributed by atoms with Crippen LogP contribution in [0, 0.1) is 5.41 Å². The molecule has 1 unspecified atom stereocenters. The summed E-state index contributed by atoms with van der Waals surface area (Å²) in [6, 6.07) is 0.